The Hall–Kier alpha value is -0.770. The lowest BCUT2D eigenvalue weighted by Gasteiger charge is -2.27. The van der Waals surface area contributed by atoms with Gasteiger partial charge in [0.15, 0.2) is 5.84 Å². The largest absolute Gasteiger partial charge is 0.329 e. The van der Waals surface area contributed by atoms with Crippen molar-refractivity contribution < 1.29 is 0 Å². The molecule has 2 aliphatic heterocycles. The normalized spacial score (nSPS) is 21.6. The van der Waals surface area contributed by atoms with E-state index in [1.807, 2.05) is 12.4 Å². The molecule has 2 rings (SSSR count). The van der Waals surface area contributed by atoms with Crippen LogP contribution in [-0.2, 0) is 0 Å². The Labute approximate surface area is 76.4 Å². The van der Waals surface area contributed by atoms with Gasteiger partial charge in [-0.3, -0.25) is 4.99 Å². The molecule has 0 aromatic rings. The lowest BCUT2D eigenvalue weighted by Crippen LogP contribution is -2.37. The first-order valence-corrected chi connectivity index (χ1v) is 5.06. The van der Waals surface area contributed by atoms with E-state index >= 15 is 0 Å². The van der Waals surface area contributed by atoms with Crippen LogP contribution >= 0.6 is 11.9 Å². The highest BCUT2D eigenvalue weighted by Gasteiger charge is 2.19. The zero-order valence-electron chi connectivity index (χ0n) is 7.03. The maximum Gasteiger partial charge on any atom is 0.162 e. The minimum Gasteiger partial charge on any atom is -0.329 e. The molecule has 12 heavy (non-hydrogen) atoms. The van der Waals surface area contributed by atoms with Crippen molar-refractivity contribution in [2.45, 2.75) is 13.3 Å². The fraction of sp³-hybridized carbons (Fsp3) is 0.500. The summed E-state index contributed by atoms with van der Waals surface area (Å²) in [5.74, 6) is 2.13. The predicted octanol–water partition coefficient (Wildman–Crippen LogP) is 1.68. The predicted molar refractivity (Wildman–Crippen MR) is 53.5 cm³/mol. The van der Waals surface area contributed by atoms with Crippen molar-refractivity contribution in [2.75, 3.05) is 12.3 Å². The first-order chi connectivity index (χ1) is 5.92. The van der Waals surface area contributed by atoms with Crippen molar-refractivity contribution >= 4 is 23.5 Å². The zero-order valence-corrected chi connectivity index (χ0v) is 7.84. The van der Waals surface area contributed by atoms with Crippen LogP contribution in [0.4, 0.5) is 0 Å². The Morgan fingerprint density at radius 3 is 3.42 bits per heavy atom. The maximum absolute atomic E-state index is 4.38. The second-order valence-corrected chi connectivity index (χ2v) is 3.52. The van der Waals surface area contributed by atoms with Crippen LogP contribution in [0.25, 0.3) is 0 Å². The van der Waals surface area contributed by atoms with E-state index in [9.17, 15) is 0 Å². The summed E-state index contributed by atoms with van der Waals surface area (Å²) in [5, 5.41) is 0. The third kappa shape index (κ3) is 1.27. The summed E-state index contributed by atoms with van der Waals surface area (Å²) in [6, 6.07) is 0. The molecule has 0 fully saturated rings. The molecule has 0 N–H and O–H groups in total. The molecule has 4 heteroatoms. The fourth-order valence-corrected chi connectivity index (χ4v) is 1.98. The molecule has 2 aliphatic rings. The van der Waals surface area contributed by atoms with Crippen LogP contribution in [-0.4, -0.2) is 28.7 Å². The van der Waals surface area contributed by atoms with Crippen LogP contribution in [0.3, 0.4) is 0 Å². The molecule has 2 heterocycles. The number of amidine groups is 1. The molecule has 0 atom stereocenters. The van der Waals surface area contributed by atoms with Crippen LogP contribution in [0, 0.1) is 0 Å². The van der Waals surface area contributed by atoms with E-state index in [0.717, 1.165) is 30.3 Å². The Kier molecular flexibility index (Phi) is 2.17. The second-order valence-electron chi connectivity index (χ2n) is 2.67. The van der Waals surface area contributed by atoms with Gasteiger partial charge in [0, 0.05) is 24.7 Å². The molecule has 3 nitrogen and oxygen atoms in total. The van der Waals surface area contributed by atoms with Crippen molar-refractivity contribution in [3.63, 3.8) is 0 Å². The molecule has 0 aliphatic carbocycles. The van der Waals surface area contributed by atoms with Crippen molar-refractivity contribution in [3.05, 3.63) is 12.4 Å². The Morgan fingerprint density at radius 2 is 2.58 bits per heavy atom. The lowest BCUT2D eigenvalue weighted by atomic mass is 10.2. The number of rotatable bonds is 1. The van der Waals surface area contributed by atoms with E-state index in [1.165, 1.54) is 0 Å². The standard InChI is InChI=1S/C8H11N3S/c1-2-7-8-10-12-6-5-11(8)4-3-9-7/h3-4H,2,5-6H2,1H3. The minimum atomic E-state index is 0.959. The fourth-order valence-electron chi connectivity index (χ4n) is 1.28. The number of fused-ring (bicyclic) bond motifs is 1. The summed E-state index contributed by atoms with van der Waals surface area (Å²) in [6.07, 6.45) is 4.81. The topological polar surface area (TPSA) is 28.0 Å². The molecule has 0 amide bonds. The molecular formula is C8H11N3S. The van der Waals surface area contributed by atoms with Crippen LogP contribution in [0.5, 0.6) is 0 Å². The quantitative estimate of drug-likeness (QED) is 0.576. The van der Waals surface area contributed by atoms with E-state index in [4.69, 9.17) is 0 Å². The first kappa shape index (κ1) is 7.86. The zero-order chi connectivity index (χ0) is 8.39. The second kappa shape index (κ2) is 3.31. The van der Waals surface area contributed by atoms with Gasteiger partial charge in [0.1, 0.15) is 0 Å². The minimum absolute atomic E-state index is 0.959. The van der Waals surface area contributed by atoms with E-state index in [0.29, 0.717) is 0 Å². The molecule has 0 radical (unpaired) electrons. The van der Waals surface area contributed by atoms with Gasteiger partial charge in [-0.15, -0.1) is 0 Å². The number of hydrogen-bond donors (Lipinski definition) is 0. The van der Waals surface area contributed by atoms with Gasteiger partial charge >= 0.3 is 0 Å². The van der Waals surface area contributed by atoms with Gasteiger partial charge in [0.25, 0.3) is 0 Å². The summed E-state index contributed by atoms with van der Waals surface area (Å²) in [4.78, 5) is 6.45. The highest BCUT2D eigenvalue weighted by molar-refractivity contribution is 7.98. The molecule has 0 bridgehead atoms. The molecule has 0 unspecified atom stereocenters. The van der Waals surface area contributed by atoms with Gasteiger partial charge in [-0.1, -0.05) is 6.92 Å². The smallest absolute Gasteiger partial charge is 0.162 e. The van der Waals surface area contributed by atoms with Crippen molar-refractivity contribution in [3.8, 4) is 0 Å². The van der Waals surface area contributed by atoms with Crippen molar-refractivity contribution in [1.82, 2.24) is 4.90 Å². The average molecular weight is 181 g/mol. The van der Waals surface area contributed by atoms with E-state index < -0.39 is 0 Å². The van der Waals surface area contributed by atoms with Crippen molar-refractivity contribution in [2.24, 2.45) is 9.39 Å². The summed E-state index contributed by atoms with van der Waals surface area (Å²) in [6.45, 7) is 3.16. The molecular weight excluding hydrogens is 170 g/mol. The number of aliphatic imine (C=N–C) groups is 1. The average Bonchev–Trinajstić information content (AvgIpc) is 2.17. The van der Waals surface area contributed by atoms with Gasteiger partial charge in [-0.2, -0.15) is 4.40 Å². The van der Waals surface area contributed by atoms with Gasteiger partial charge in [0.2, 0.25) is 0 Å². The van der Waals surface area contributed by atoms with Gasteiger partial charge in [-0.05, 0) is 18.4 Å². The Bertz CT molecular complexity index is 267. The summed E-state index contributed by atoms with van der Waals surface area (Å²) in [7, 11) is 0. The molecule has 0 spiro atoms. The van der Waals surface area contributed by atoms with Gasteiger partial charge in [-0.25, -0.2) is 0 Å². The monoisotopic (exact) mass is 181 g/mol. The van der Waals surface area contributed by atoms with Crippen LogP contribution in [0.15, 0.2) is 21.8 Å². The molecule has 0 saturated heterocycles. The van der Waals surface area contributed by atoms with Crippen molar-refractivity contribution in [1.29, 1.82) is 0 Å². The third-order valence-corrected chi connectivity index (χ3v) is 2.58. The summed E-state index contributed by atoms with van der Waals surface area (Å²) in [5.41, 5.74) is 1.10. The maximum atomic E-state index is 4.38. The Balaban J connectivity index is 2.30. The van der Waals surface area contributed by atoms with Crippen LogP contribution < -0.4 is 0 Å². The molecule has 64 valence electrons. The SMILES string of the molecule is CCC1=NC=CN2CCSN=C12. The number of nitrogens with zero attached hydrogens (tertiary/aromatic N) is 3. The van der Waals surface area contributed by atoms with E-state index in [-0.39, 0.29) is 0 Å². The highest BCUT2D eigenvalue weighted by Crippen LogP contribution is 2.16. The lowest BCUT2D eigenvalue weighted by molar-refractivity contribution is 0.592. The Morgan fingerprint density at radius 1 is 1.67 bits per heavy atom. The van der Waals surface area contributed by atoms with E-state index in [1.54, 1.807) is 11.9 Å². The van der Waals surface area contributed by atoms with Gasteiger partial charge in [0.05, 0.1) is 5.71 Å². The van der Waals surface area contributed by atoms with E-state index in [2.05, 4.69) is 21.2 Å². The third-order valence-electron chi connectivity index (χ3n) is 1.92. The number of hydrogen-bond acceptors (Lipinski definition) is 4. The van der Waals surface area contributed by atoms with Crippen LogP contribution in [0.2, 0.25) is 0 Å². The molecule has 0 saturated carbocycles. The first-order valence-electron chi connectivity index (χ1n) is 4.12. The summed E-state index contributed by atoms with van der Waals surface area (Å²) >= 11 is 1.63. The molecule has 0 aromatic heterocycles. The molecule has 0 aromatic carbocycles. The highest BCUT2D eigenvalue weighted by atomic mass is 32.2. The summed E-state index contributed by atoms with van der Waals surface area (Å²) < 4.78 is 4.38. The van der Waals surface area contributed by atoms with Crippen LogP contribution in [0.1, 0.15) is 13.3 Å². The van der Waals surface area contributed by atoms with Gasteiger partial charge < -0.3 is 4.90 Å².